The van der Waals surface area contributed by atoms with Crippen molar-refractivity contribution in [3.63, 3.8) is 0 Å². The van der Waals surface area contributed by atoms with Crippen LogP contribution in [0.25, 0.3) is 0 Å². The largest absolute Gasteiger partial charge is 0.497 e. The van der Waals surface area contributed by atoms with E-state index in [0.717, 1.165) is 21.9 Å². The van der Waals surface area contributed by atoms with Crippen molar-refractivity contribution in [1.29, 1.82) is 0 Å². The molecule has 0 spiro atoms. The Hall–Kier alpha value is -4.18. The van der Waals surface area contributed by atoms with Crippen molar-refractivity contribution in [3.8, 4) is 5.75 Å². The van der Waals surface area contributed by atoms with Gasteiger partial charge in [0.25, 0.3) is 15.9 Å². The van der Waals surface area contributed by atoms with Crippen LogP contribution in [0.4, 0.5) is 0 Å². The van der Waals surface area contributed by atoms with E-state index >= 15 is 0 Å². The van der Waals surface area contributed by atoms with E-state index in [1.54, 1.807) is 30.2 Å². The lowest BCUT2D eigenvalue weighted by atomic mass is 10.0. The maximum Gasteiger partial charge on any atom is 0.269 e. The fourth-order valence-corrected chi connectivity index (χ4v) is 6.54. The van der Waals surface area contributed by atoms with Gasteiger partial charge in [-0.25, -0.2) is 12.7 Å². The van der Waals surface area contributed by atoms with Gasteiger partial charge in [0.15, 0.2) is 0 Å². The Morgan fingerprint density at radius 1 is 0.976 bits per heavy atom. The standard InChI is InChI=1S/C32H37N3O6S/c1-4-23(2)33-31(37)28(21-24-12-6-5-7-13-24)34(22-25-14-10-15-26(20-25)41-3)30(36)18-11-19-35-32(38)27-16-8-9-17-29(27)42(35,39)40/h5-10,12-17,20,23,28H,4,11,18-19,21-22H2,1-3H3,(H,33,37)/t23-,28+/m0/s1. The first kappa shape index (κ1) is 30.8. The highest BCUT2D eigenvalue weighted by atomic mass is 32.2. The Kier molecular flexibility index (Phi) is 10.0. The van der Waals surface area contributed by atoms with E-state index in [1.165, 1.54) is 12.1 Å². The number of carbonyl (C=O) groups excluding carboxylic acids is 3. The minimum atomic E-state index is -3.98. The number of nitrogens with zero attached hydrogens (tertiary/aromatic N) is 2. The molecule has 4 rings (SSSR count). The number of hydrogen-bond donors (Lipinski definition) is 1. The average molecular weight is 592 g/mol. The molecule has 3 amide bonds. The fraction of sp³-hybridized carbons (Fsp3) is 0.344. The summed E-state index contributed by atoms with van der Waals surface area (Å²) in [6, 6.07) is 22.0. The molecule has 0 aliphatic carbocycles. The second-order valence-electron chi connectivity index (χ2n) is 10.4. The molecule has 3 aromatic rings. The number of nitrogens with one attached hydrogen (secondary N) is 1. The first-order chi connectivity index (χ1) is 20.1. The van der Waals surface area contributed by atoms with Gasteiger partial charge in [-0.15, -0.1) is 0 Å². The molecule has 1 N–H and O–H groups in total. The molecule has 10 heteroatoms. The molecule has 0 saturated heterocycles. The van der Waals surface area contributed by atoms with Crippen molar-refractivity contribution < 1.29 is 27.5 Å². The molecule has 0 saturated carbocycles. The van der Waals surface area contributed by atoms with Crippen LogP contribution in [0, 0.1) is 0 Å². The Morgan fingerprint density at radius 3 is 2.36 bits per heavy atom. The third-order valence-corrected chi connectivity index (χ3v) is 9.26. The number of sulfonamides is 1. The number of carbonyl (C=O) groups is 3. The van der Waals surface area contributed by atoms with E-state index in [2.05, 4.69) is 5.32 Å². The van der Waals surface area contributed by atoms with Crippen molar-refractivity contribution >= 4 is 27.7 Å². The number of amides is 3. The second kappa shape index (κ2) is 13.7. The minimum absolute atomic E-state index is 0.0226. The molecule has 9 nitrogen and oxygen atoms in total. The monoisotopic (exact) mass is 591 g/mol. The van der Waals surface area contributed by atoms with Crippen molar-refractivity contribution in [2.45, 2.75) is 63.1 Å². The highest BCUT2D eigenvalue weighted by molar-refractivity contribution is 7.90. The quantitative estimate of drug-likeness (QED) is 0.319. The van der Waals surface area contributed by atoms with E-state index in [1.807, 2.05) is 62.4 Å². The summed E-state index contributed by atoms with van der Waals surface area (Å²) in [5, 5.41) is 3.03. The lowest BCUT2D eigenvalue weighted by Crippen LogP contribution is -2.52. The smallest absolute Gasteiger partial charge is 0.269 e. The van der Waals surface area contributed by atoms with Gasteiger partial charge in [-0.05, 0) is 55.2 Å². The van der Waals surface area contributed by atoms with Gasteiger partial charge in [0, 0.05) is 32.0 Å². The summed E-state index contributed by atoms with van der Waals surface area (Å²) < 4.78 is 32.2. The molecular formula is C32H37N3O6S. The molecule has 42 heavy (non-hydrogen) atoms. The highest BCUT2D eigenvalue weighted by Crippen LogP contribution is 2.30. The van der Waals surface area contributed by atoms with Gasteiger partial charge >= 0.3 is 0 Å². The number of ether oxygens (including phenoxy) is 1. The molecule has 0 aromatic heterocycles. The maximum atomic E-state index is 13.9. The minimum Gasteiger partial charge on any atom is -0.497 e. The highest BCUT2D eigenvalue weighted by Gasteiger charge is 2.40. The first-order valence-electron chi connectivity index (χ1n) is 14.1. The van der Waals surface area contributed by atoms with Gasteiger partial charge in [-0.2, -0.15) is 0 Å². The molecule has 1 aliphatic rings. The first-order valence-corrected chi connectivity index (χ1v) is 15.5. The summed E-state index contributed by atoms with van der Waals surface area (Å²) >= 11 is 0. The van der Waals surface area contributed by atoms with Crippen LogP contribution in [0.3, 0.4) is 0 Å². The zero-order valence-corrected chi connectivity index (χ0v) is 25.0. The van der Waals surface area contributed by atoms with Crippen molar-refractivity contribution in [3.05, 3.63) is 95.6 Å². The average Bonchev–Trinajstić information content (AvgIpc) is 3.19. The zero-order valence-electron chi connectivity index (χ0n) is 24.2. The van der Waals surface area contributed by atoms with E-state index in [4.69, 9.17) is 4.74 Å². The summed E-state index contributed by atoms with van der Waals surface area (Å²) in [6.07, 6.45) is 1.08. The third-order valence-electron chi connectivity index (χ3n) is 7.42. The van der Waals surface area contributed by atoms with Gasteiger partial charge in [0.1, 0.15) is 16.7 Å². The zero-order chi connectivity index (χ0) is 30.3. The SMILES string of the molecule is CC[C@H](C)NC(=O)[C@@H](Cc1ccccc1)N(Cc1cccc(OC)c1)C(=O)CCCN1C(=O)c2ccccc2S1(=O)=O. The van der Waals surface area contributed by atoms with E-state index in [-0.39, 0.29) is 54.2 Å². The predicted octanol–water partition coefficient (Wildman–Crippen LogP) is 4.17. The number of methoxy groups -OCH3 is 1. The van der Waals surface area contributed by atoms with Gasteiger partial charge in [-0.3, -0.25) is 14.4 Å². The number of fused-ring (bicyclic) bond motifs is 1. The molecule has 222 valence electrons. The molecule has 0 bridgehead atoms. The van der Waals surface area contributed by atoms with E-state index in [9.17, 15) is 22.8 Å². The van der Waals surface area contributed by atoms with Gasteiger partial charge in [-0.1, -0.05) is 61.5 Å². The fourth-order valence-electron chi connectivity index (χ4n) is 4.93. The molecule has 1 aliphatic heterocycles. The Balaban J connectivity index is 1.59. The Bertz CT molecular complexity index is 1530. The molecule has 2 atom stereocenters. The van der Waals surface area contributed by atoms with Gasteiger partial charge < -0.3 is 15.0 Å². The van der Waals surface area contributed by atoms with Crippen LogP contribution in [0.15, 0.2) is 83.8 Å². The molecule has 3 aromatic carbocycles. The Labute approximate surface area is 247 Å². The van der Waals surface area contributed by atoms with Crippen molar-refractivity contribution in [2.75, 3.05) is 13.7 Å². The lowest BCUT2D eigenvalue weighted by molar-refractivity contribution is -0.141. The van der Waals surface area contributed by atoms with Crippen LogP contribution in [0.1, 0.15) is 54.6 Å². The van der Waals surface area contributed by atoms with Gasteiger partial charge in [0.2, 0.25) is 11.8 Å². The van der Waals surface area contributed by atoms with E-state index < -0.39 is 22.0 Å². The van der Waals surface area contributed by atoms with Crippen molar-refractivity contribution in [2.24, 2.45) is 0 Å². The summed E-state index contributed by atoms with van der Waals surface area (Å²) in [5.74, 6) is -0.557. The van der Waals surface area contributed by atoms with Gasteiger partial charge in [0.05, 0.1) is 12.7 Å². The second-order valence-corrected chi connectivity index (χ2v) is 12.2. The maximum absolute atomic E-state index is 13.9. The summed E-state index contributed by atoms with van der Waals surface area (Å²) in [6.45, 7) is 3.89. The number of hydrogen-bond acceptors (Lipinski definition) is 6. The Morgan fingerprint density at radius 2 is 1.67 bits per heavy atom. The van der Waals surface area contributed by atoms with Crippen molar-refractivity contribution in [1.82, 2.24) is 14.5 Å². The van der Waals surface area contributed by atoms with E-state index in [0.29, 0.717) is 12.2 Å². The molecule has 0 radical (unpaired) electrons. The summed E-state index contributed by atoms with van der Waals surface area (Å²) in [7, 11) is -2.41. The van der Waals surface area contributed by atoms with Crippen LogP contribution < -0.4 is 10.1 Å². The number of rotatable bonds is 13. The molecule has 0 fully saturated rings. The van der Waals surface area contributed by atoms with Crippen LogP contribution in [-0.2, 0) is 32.6 Å². The van der Waals surface area contributed by atoms with Crippen LogP contribution in [0.2, 0.25) is 0 Å². The normalized spacial score (nSPS) is 15.0. The summed E-state index contributed by atoms with van der Waals surface area (Å²) in [4.78, 5) is 41.9. The predicted molar refractivity (Wildman–Crippen MR) is 159 cm³/mol. The molecule has 1 heterocycles. The topological polar surface area (TPSA) is 113 Å². The molecule has 0 unspecified atom stereocenters. The van der Waals surface area contributed by atoms with Crippen LogP contribution in [-0.4, -0.2) is 61.1 Å². The third kappa shape index (κ3) is 6.99. The molecular weight excluding hydrogens is 554 g/mol. The van der Waals surface area contributed by atoms with Crippen LogP contribution in [0.5, 0.6) is 5.75 Å². The number of benzene rings is 3. The van der Waals surface area contributed by atoms with Crippen LogP contribution >= 0.6 is 0 Å². The lowest BCUT2D eigenvalue weighted by Gasteiger charge is -2.32. The summed E-state index contributed by atoms with van der Waals surface area (Å²) in [5.41, 5.74) is 1.81.